The number of benzene rings is 2. The minimum absolute atomic E-state index is 0.278. The molecule has 0 aliphatic carbocycles. The molecule has 5 rings (SSSR count). The van der Waals surface area contributed by atoms with Crippen molar-refractivity contribution in [3.63, 3.8) is 0 Å². The van der Waals surface area contributed by atoms with Gasteiger partial charge in [0.1, 0.15) is 10.8 Å². The Morgan fingerprint density at radius 2 is 1.93 bits per heavy atom. The van der Waals surface area contributed by atoms with Crippen molar-refractivity contribution in [1.29, 1.82) is 0 Å². The van der Waals surface area contributed by atoms with E-state index in [1.54, 1.807) is 10.6 Å². The highest BCUT2D eigenvalue weighted by atomic mass is 32.1. The molecule has 0 radical (unpaired) electrons. The fourth-order valence-electron chi connectivity index (χ4n) is 3.15. The highest BCUT2D eigenvalue weighted by Crippen LogP contribution is 2.27. The largest absolute Gasteiger partial charge is 0.456 e. The Bertz CT molecular complexity index is 1340. The third kappa shape index (κ3) is 3.60. The molecule has 148 valence electrons. The first kappa shape index (κ1) is 18.3. The molecule has 0 saturated carbocycles. The predicted octanol–water partition coefficient (Wildman–Crippen LogP) is 4.60. The van der Waals surface area contributed by atoms with Gasteiger partial charge in [0.15, 0.2) is 11.6 Å². The second-order valence-corrected chi connectivity index (χ2v) is 7.77. The maximum atomic E-state index is 12.6. The number of aromatic nitrogens is 4. The molecule has 30 heavy (non-hydrogen) atoms. The fraction of sp³-hybridized carbons (Fsp3) is 0.0909. The van der Waals surface area contributed by atoms with Gasteiger partial charge in [-0.25, -0.2) is 0 Å². The van der Waals surface area contributed by atoms with Gasteiger partial charge in [-0.1, -0.05) is 53.8 Å². The number of amides is 1. The Kier molecular flexibility index (Phi) is 4.61. The molecule has 3 heterocycles. The Morgan fingerprint density at radius 1 is 1.07 bits per heavy atom. The van der Waals surface area contributed by atoms with E-state index < -0.39 is 0 Å². The summed E-state index contributed by atoms with van der Waals surface area (Å²) in [5.41, 5.74) is 2.69. The van der Waals surface area contributed by atoms with Crippen LogP contribution in [0.2, 0.25) is 0 Å². The first-order valence-electron chi connectivity index (χ1n) is 9.39. The zero-order valence-corrected chi connectivity index (χ0v) is 16.9. The average Bonchev–Trinajstić information content (AvgIpc) is 3.47. The lowest BCUT2D eigenvalue weighted by molar-refractivity contribution is 0.0995. The van der Waals surface area contributed by atoms with Crippen molar-refractivity contribution in [3.8, 4) is 10.6 Å². The van der Waals surface area contributed by atoms with Gasteiger partial charge < -0.3 is 9.73 Å². The number of rotatable bonds is 5. The number of carbonyl (C=O) groups excluding carboxylic acids is 1. The number of nitrogens with zero attached hydrogens (tertiary/aromatic N) is 4. The highest BCUT2D eigenvalue weighted by molar-refractivity contribution is 7.19. The minimum Gasteiger partial charge on any atom is -0.456 e. The number of carbonyl (C=O) groups is 1. The van der Waals surface area contributed by atoms with Crippen molar-refractivity contribution >= 4 is 27.9 Å². The zero-order valence-electron chi connectivity index (χ0n) is 16.1. The Balaban J connectivity index is 1.32. The molecule has 5 aromatic rings. The number of anilines is 1. The van der Waals surface area contributed by atoms with Gasteiger partial charge in [-0.15, -0.1) is 10.2 Å². The number of fused-ring (bicyclic) bond motifs is 1. The van der Waals surface area contributed by atoms with Gasteiger partial charge in [-0.3, -0.25) is 4.79 Å². The van der Waals surface area contributed by atoms with Gasteiger partial charge >= 0.3 is 0 Å². The summed E-state index contributed by atoms with van der Waals surface area (Å²) in [6, 6.07) is 21.1. The van der Waals surface area contributed by atoms with Gasteiger partial charge in [0, 0.05) is 17.7 Å². The van der Waals surface area contributed by atoms with E-state index >= 15 is 0 Å². The summed E-state index contributed by atoms with van der Waals surface area (Å²) in [6.07, 6.45) is 0.643. The summed E-state index contributed by atoms with van der Waals surface area (Å²) in [4.78, 5) is 13.4. The number of aryl methyl sites for hydroxylation is 1. The standard InChI is InChI=1S/C22H17N5O2S/c1-14-24-25-22-27(14)26-21(30-22)16-8-5-9-17(13-16)23-20(28)19-11-10-18(29-19)12-15-6-3-2-4-7-15/h2-11,13H,12H2,1H3,(H,23,28). The second-order valence-electron chi connectivity index (χ2n) is 6.81. The zero-order chi connectivity index (χ0) is 20.5. The van der Waals surface area contributed by atoms with Crippen LogP contribution < -0.4 is 5.32 Å². The monoisotopic (exact) mass is 415 g/mol. The molecule has 7 nitrogen and oxygen atoms in total. The van der Waals surface area contributed by atoms with Crippen molar-refractivity contribution in [2.45, 2.75) is 13.3 Å². The predicted molar refractivity (Wildman–Crippen MR) is 115 cm³/mol. The van der Waals surface area contributed by atoms with Crippen LogP contribution >= 0.6 is 11.3 Å². The summed E-state index contributed by atoms with van der Waals surface area (Å²) in [5, 5.41) is 16.3. The molecule has 0 fully saturated rings. The summed E-state index contributed by atoms with van der Waals surface area (Å²) < 4.78 is 7.45. The van der Waals surface area contributed by atoms with Gasteiger partial charge in [-0.2, -0.15) is 9.61 Å². The topological polar surface area (TPSA) is 85.3 Å². The lowest BCUT2D eigenvalue weighted by Gasteiger charge is -2.05. The van der Waals surface area contributed by atoms with E-state index in [0.29, 0.717) is 12.1 Å². The highest BCUT2D eigenvalue weighted by Gasteiger charge is 2.14. The molecule has 0 spiro atoms. The summed E-state index contributed by atoms with van der Waals surface area (Å²) >= 11 is 1.45. The number of furan rings is 1. The fourth-order valence-corrected chi connectivity index (χ4v) is 4.03. The van der Waals surface area contributed by atoms with E-state index in [9.17, 15) is 4.79 Å². The molecule has 0 saturated heterocycles. The van der Waals surface area contributed by atoms with Crippen LogP contribution in [0, 0.1) is 6.92 Å². The smallest absolute Gasteiger partial charge is 0.291 e. The van der Waals surface area contributed by atoms with Crippen LogP contribution in [0.3, 0.4) is 0 Å². The van der Waals surface area contributed by atoms with Crippen molar-refractivity contribution < 1.29 is 9.21 Å². The number of nitrogens with one attached hydrogen (secondary N) is 1. The van der Waals surface area contributed by atoms with E-state index in [0.717, 1.165) is 32.7 Å². The molecule has 0 bridgehead atoms. The molecular weight excluding hydrogens is 398 g/mol. The van der Waals surface area contributed by atoms with Crippen molar-refractivity contribution in [2.75, 3.05) is 5.32 Å². The van der Waals surface area contributed by atoms with Gasteiger partial charge in [-0.05, 0) is 36.8 Å². The van der Waals surface area contributed by atoms with Crippen LogP contribution in [0.5, 0.6) is 0 Å². The van der Waals surface area contributed by atoms with E-state index in [4.69, 9.17) is 4.42 Å². The number of hydrogen-bond donors (Lipinski definition) is 1. The molecule has 0 aliphatic rings. The van der Waals surface area contributed by atoms with Gasteiger partial charge in [0.2, 0.25) is 4.96 Å². The second kappa shape index (κ2) is 7.57. The molecule has 1 amide bonds. The average molecular weight is 415 g/mol. The Hall–Kier alpha value is -3.78. The first-order valence-corrected chi connectivity index (χ1v) is 10.2. The van der Waals surface area contributed by atoms with Crippen molar-refractivity contribution in [3.05, 3.63) is 89.6 Å². The number of hydrogen-bond acceptors (Lipinski definition) is 6. The van der Waals surface area contributed by atoms with Gasteiger partial charge in [0.05, 0.1) is 0 Å². The molecule has 8 heteroatoms. The molecule has 0 unspecified atom stereocenters. The maximum absolute atomic E-state index is 12.6. The maximum Gasteiger partial charge on any atom is 0.291 e. The van der Waals surface area contributed by atoms with E-state index in [1.165, 1.54) is 11.3 Å². The molecule has 0 atom stereocenters. The Labute approximate surface area is 176 Å². The summed E-state index contributed by atoms with van der Waals surface area (Å²) in [5.74, 6) is 1.47. The summed E-state index contributed by atoms with van der Waals surface area (Å²) in [7, 11) is 0. The van der Waals surface area contributed by atoms with E-state index in [2.05, 4.69) is 20.6 Å². The third-order valence-electron chi connectivity index (χ3n) is 4.62. The SMILES string of the molecule is Cc1nnc2sc(-c3cccc(NC(=O)c4ccc(Cc5ccccc5)o4)c3)nn12. The molecule has 0 aliphatic heterocycles. The molecule has 1 N–H and O–H groups in total. The molecule has 3 aromatic heterocycles. The minimum atomic E-state index is -0.291. The van der Waals surface area contributed by atoms with Crippen LogP contribution in [0.1, 0.15) is 27.7 Å². The normalized spacial score (nSPS) is 11.1. The van der Waals surface area contributed by atoms with Crippen LogP contribution in [0.15, 0.2) is 71.1 Å². The van der Waals surface area contributed by atoms with E-state index in [1.807, 2.05) is 67.6 Å². The van der Waals surface area contributed by atoms with Crippen LogP contribution in [0.4, 0.5) is 5.69 Å². The Morgan fingerprint density at radius 3 is 2.77 bits per heavy atom. The third-order valence-corrected chi connectivity index (χ3v) is 5.57. The van der Waals surface area contributed by atoms with Crippen molar-refractivity contribution in [2.24, 2.45) is 0 Å². The van der Waals surface area contributed by atoms with E-state index in [-0.39, 0.29) is 11.7 Å². The van der Waals surface area contributed by atoms with Crippen LogP contribution in [0.25, 0.3) is 15.5 Å². The lowest BCUT2D eigenvalue weighted by Crippen LogP contribution is -2.10. The van der Waals surface area contributed by atoms with Gasteiger partial charge in [0.25, 0.3) is 5.91 Å². The first-order chi connectivity index (χ1) is 14.7. The molecular formula is C22H17N5O2S. The lowest BCUT2D eigenvalue weighted by atomic mass is 10.1. The summed E-state index contributed by atoms with van der Waals surface area (Å²) in [6.45, 7) is 1.86. The molecule has 2 aromatic carbocycles. The van der Waals surface area contributed by atoms with Crippen molar-refractivity contribution in [1.82, 2.24) is 19.8 Å². The van der Waals surface area contributed by atoms with Crippen LogP contribution in [-0.2, 0) is 6.42 Å². The van der Waals surface area contributed by atoms with Crippen LogP contribution in [-0.4, -0.2) is 25.7 Å². The quantitative estimate of drug-likeness (QED) is 0.453.